The zero-order valence-electron chi connectivity index (χ0n) is 22.5. The van der Waals surface area contributed by atoms with Gasteiger partial charge in [0.05, 0.1) is 34.8 Å². The van der Waals surface area contributed by atoms with Crippen LogP contribution >= 0.6 is 0 Å². The van der Waals surface area contributed by atoms with Crippen molar-refractivity contribution in [3.05, 3.63) is 47.4 Å². The normalized spacial score (nSPS) is 17.9. The van der Waals surface area contributed by atoms with Crippen LogP contribution in [-0.4, -0.2) is 65.7 Å². The van der Waals surface area contributed by atoms with Crippen LogP contribution in [-0.2, 0) is 7.05 Å². The molecule has 0 bridgehead atoms. The molecule has 206 valence electrons. The number of nitrogens with one attached hydrogen (secondary N) is 1. The van der Waals surface area contributed by atoms with E-state index in [2.05, 4.69) is 20.5 Å². The van der Waals surface area contributed by atoms with Crippen LogP contribution in [0.1, 0.15) is 65.9 Å². The van der Waals surface area contributed by atoms with Crippen molar-refractivity contribution >= 4 is 28.4 Å². The van der Waals surface area contributed by atoms with Crippen LogP contribution in [0.15, 0.2) is 30.6 Å². The first kappa shape index (κ1) is 26.4. The maximum Gasteiger partial charge on any atom is 0.255 e. The Morgan fingerprint density at radius 1 is 1.21 bits per heavy atom. The van der Waals surface area contributed by atoms with E-state index < -0.39 is 11.5 Å². The van der Waals surface area contributed by atoms with E-state index in [1.807, 2.05) is 6.92 Å². The molecule has 12 heteroatoms. The molecule has 1 aliphatic rings. The van der Waals surface area contributed by atoms with E-state index in [9.17, 15) is 14.7 Å². The Labute approximate surface area is 225 Å². The van der Waals surface area contributed by atoms with E-state index in [0.717, 1.165) is 11.1 Å². The second kappa shape index (κ2) is 10.2. The summed E-state index contributed by atoms with van der Waals surface area (Å²) in [5.41, 5.74) is 7.40. The van der Waals surface area contributed by atoms with Crippen molar-refractivity contribution in [1.29, 1.82) is 0 Å². The second-order valence-corrected chi connectivity index (χ2v) is 10.7. The fourth-order valence-electron chi connectivity index (χ4n) is 4.82. The van der Waals surface area contributed by atoms with Gasteiger partial charge in [-0.1, -0.05) is 0 Å². The lowest BCUT2D eigenvalue weighted by Gasteiger charge is -2.29. The average molecular weight is 536 g/mol. The van der Waals surface area contributed by atoms with Crippen molar-refractivity contribution in [2.45, 2.75) is 64.2 Å². The average Bonchev–Trinajstić information content (AvgIpc) is 3.42. The second-order valence-electron chi connectivity index (χ2n) is 10.7. The van der Waals surface area contributed by atoms with E-state index in [0.29, 0.717) is 48.2 Å². The predicted octanol–water partition coefficient (Wildman–Crippen LogP) is 2.29. The van der Waals surface area contributed by atoms with Gasteiger partial charge in [0.15, 0.2) is 5.65 Å². The maximum absolute atomic E-state index is 13.1. The van der Waals surface area contributed by atoms with Crippen LogP contribution in [0, 0.1) is 6.92 Å². The number of carbonyl (C=O) groups excluding carboxylic acids is 2. The number of aryl methyl sites for hydroxylation is 2. The molecule has 1 saturated carbocycles. The molecule has 2 amide bonds. The van der Waals surface area contributed by atoms with Gasteiger partial charge in [0.1, 0.15) is 24.0 Å². The van der Waals surface area contributed by atoms with Crippen LogP contribution in [0.3, 0.4) is 0 Å². The molecule has 5 rings (SSSR count). The molecule has 0 aromatic carbocycles. The zero-order valence-corrected chi connectivity index (χ0v) is 22.5. The van der Waals surface area contributed by atoms with Gasteiger partial charge in [-0.15, -0.1) is 0 Å². The molecular formula is C27H33N7O5. The summed E-state index contributed by atoms with van der Waals surface area (Å²) in [6, 6.07) is 5.19. The number of fused-ring (bicyclic) bond motifs is 2. The number of nitrogens with two attached hydrogens (primary N) is 1. The minimum atomic E-state index is -0.958. The standard InChI is InChI=1S/C27H33N7O5/c1-15-19-11-20(23(28)35)26(31-24(19)33(4)32-15)39-17-7-5-16(6-8-17)30-25(36)21-12-29-34-13-18(9-10-22(21)34)38-14-27(2,3)37/h9-13,16-17,37H,5-8,14H2,1-4H3,(H2,28,35)(H,30,36). The Kier molecular flexibility index (Phi) is 6.89. The summed E-state index contributed by atoms with van der Waals surface area (Å²) >= 11 is 0. The molecule has 4 aromatic rings. The highest BCUT2D eigenvalue weighted by Crippen LogP contribution is 2.29. The Balaban J connectivity index is 1.21. The van der Waals surface area contributed by atoms with Gasteiger partial charge in [0.25, 0.3) is 11.8 Å². The lowest BCUT2D eigenvalue weighted by Crippen LogP contribution is -2.39. The fourth-order valence-corrected chi connectivity index (χ4v) is 4.82. The number of aromatic nitrogens is 5. The minimum absolute atomic E-state index is 0.0209. The van der Waals surface area contributed by atoms with Crippen molar-refractivity contribution < 1.29 is 24.2 Å². The van der Waals surface area contributed by atoms with Crippen LogP contribution in [0.4, 0.5) is 0 Å². The van der Waals surface area contributed by atoms with Crippen molar-refractivity contribution in [3.8, 4) is 11.6 Å². The summed E-state index contributed by atoms with van der Waals surface area (Å²) in [6.07, 6.45) is 5.85. The van der Waals surface area contributed by atoms with E-state index in [-0.39, 0.29) is 36.1 Å². The molecule has 39 heavy (non-hydrogen) atoms. The lowest BCUT2D eigenvalue weighted by molar-refractivity contribution is 0.0283. The minimum Gasteiger partial charge on any atom is -0.489 e. The number of carbonyl (C=O) groups is 2. The fraction of sp³-hybridized carbons (Fsp3) is 0.444. The van der Waals surface area contributed by atoms with Gasteiger partial charge >= 0.3 is 0 Å². The van der Waals surface area contributed by atoms with Gasteiger partial charge in [-0.25, -0.2) is 4.52 Å². The van der Waals surface area contributed by atoms with E-state index >= 15 is 0 Å². The highest BCUT2D eigenvalue weighted by Gasteiger charge is 2.27. The summed E-state index contributed by atoms with van der Waals surface area (Å²) in [7, 11) is 1.79. The van der Waals surface area contributed by atoms with Crippen molar-refractivity contribution in [2.24, 2.45) is 12.8 Å². The highest BCUT2D eigenvalue weighted by atomic mass is 16.5. The SMILES string of the molecule is Cc1nn(C)c2nc(OC3CCC(NC(=O)c4cnn5cc(OCC(C)(C)O)ccc45)CC3)c(C(N)=O)cc12. The summed E-state index contributed by atoms with van der Waals surface area (Å²) in [4.78, 5) is 29.7. The molecule has 0 atom stereocenters. The largest absolute Gasteiger partial charge is 0.489 e. The van der Waals surface area contributed by atoms with E-state index in [4.69, 9.17) is 15.2 Å². The zero-order chi connectivity index (χ0) is 27.9. The number of amides is 2. The Hall–Kier alpha value is -4.19. The van der Waals surface area contributed by atoms with Gasteiger partial charge in [-0.05, 0) is 64.7 Å². The molecule has 0 saturated heterocycles. The van der Waals surface area contributed by atoms with Gasteiger partial charge in [-0.3, -0.25) is 14.3 Å². The van der Waals surface area contributed by atoms with Crippen molar-refractivity contribution in [2.75, 3.05) is 6.61 Å². The highest BCUT2D eigenvalue weighted by molar-refractivity contribution is 6.01. The van der Waals surface area contributed by atoms with Gasteiger partial charge in [0, 0.05) is 18.5 Å². The molecule has 12 nitrogen and oxygen atoms in total. The number of hydrogen-bond donors (Lipinski definition) is 3. The molecule has 4 heterocycles. The number of primary amides is 1. The maximum atomic E-state index is 13.1. The number of hydrogen-bond acceptors (Lipinski definition) is 8. The Morgan fingerprint density at radius 3 is 2.64 bits per heavy atom. The van der Waals surface area contributed by atoms with Gasteiger partial charge < -0.3 is 25.6 Å². The van der Waals surface area contributed by atoms with E-state index in [1.165, 1.54) is 6.20 Å². The van der Waals surface area contributed by atoms with E-state index in [1.54, 1.807) is 54.5 Å². The van der Waals surface area contributed by atoms with Gasteiger partial charge in [-0.2, -0.15) is 15.2 Å². The first-order valence-electron chi connectivity index (χ1n) is 12.9. The Bertz CT molecular complexity index is 1540. The predicted molar refractivity (Wildman–Crippen MR) is 143 cm³/mol. The number of nitrogens with zero attached hydrogens (tertiary/aromatic N) is 5. The lowest BCUT2D eigenvalue weighted by atomic mass is 9.92. The van der Waals surface area contributed by atoms with Crippen molar-refractivity contribution in [3.63, 3.8) is 0 Å². The third kappa shape index (κ3) is 5.65. The van der Waals surface area contributed by atoms with Crippen molar-refractivity contribution in [1.82, 2.24) is 29.7 Å². The quantitative estimate of drug-likeness (QED) is 0.310. The molecule has 4 N–H and O–H groups in total. The molecule has 1 aliphatic carbocycles. The third-order valence-electron chi connectivity index (χ3n) is 6.84. The summed E-state index contributed by atoms with van der Waals surface area (Å²) in [5, 5.41) is 22.4. The third-order valence-corrected chi connectivity index (χ3v) is 6.84. The number of ether oxygens (including phenoxy) is 2. The monoisotopic (exact) mass is 535 g/mol. The summed E-state index contributed by atoms with van der Waals surface area (Å²) in [5.74, 6) is -0.0467. The molecule has 0 radical (unpaired) electrons. The van der Waals surface area contributed by atoms with Crippen LogP contribution in [0.25, 0.3) is 16.6 Å². The summed E-state index contributed by atoms with van der Waals surface area (Å²) in [6.45, 7) is 5.32. The number of aliphatic hydroxyl groups is 1. The number of pyridine rings is 2. The molecule has 0 unspecified atom stereocenters. The first-order valence-corrected chi connectivity index (χ1v) is 12.9. The van der Waals surface area contributed by atoms with Crippen LogP contribution < -0.4 is 20.5 Å². The molecular weight excluding hydrogens is 502 g/mol. The molecule has 1 fully saturated rings. The molecule has 0 spiro atoms. The Morgan fingerprint density at radius 2 is 1.95 bits per heavy atom. The van der Waals surface area contributed by atoms with Crippen LogP contribution in [0.2, 0.25) is 0 Å². The summed E-state index contributed by atoms with van der Waals surface area (Å²) < 4.78 is 15.0. The van der Waals surface area contributed by atoms with Crippen LogP contribution in [0.5, 0.6) is 11.6 Å². The number of rotatable bonds is 8. The molecule has 4 aromatic heterocycles. The van der Waals surface area contributed by atoms with Gasteiger partial charge in [0.2, 0.25) is 5.88 Å². The first-order chi connectivity index (χ1) is 18.5. The molecule has 0 aliphatic heterocycles. The smallest absolute Gasteiger partial charge is 0.255 e. The topological polar surface area (TPSA) is 159 Å².